The molecule has 4 aliphatic rings. The lowest BCUT2D eigenvalue weighted by atomic mass is 9.61. The fraction of sp³-hybridized carbons (Fsp3) is 0.733. The predicted octanol–water partition coefficient (Wildman–Crippen LogP) is 6.26. The molecule has 0 aromatic rings. The molecular weight excluding hydrogens is 408 g/mol. The molecule has 0 heterocycles. The van der Waals surface area contributed by atoms with E-state index in [0.29, 0.717) is 36.0 Å². The van der Waals surface area contributed by atoms with Crippen LogP contribution in [0.25, 0.3) is 0 Å². The van der Waals surface area contributed by atoms with Crippen molar-refractivity contribution in [2.75, 3.05) is 0 Å². The molecule has 3 heteroatoms. The van der Waals surface area contributed by atoms with Crippen molar-refractivity contribution in [3.63, 3.8) is 0 Å². The van der Waals surface area contributed by atoms with Gasteiger partial charge in [-0.05, 0) is 85.2 Å². The van der Waals surface area contributed by atoms with E-state index < -0.39 is 12.2 Å². The van der Waals surface area contributed by atoms with Crippen molar-refractivity contribution < 1.29 is 15.3 Å². The van der Waals surface area contributed by atoms with E-state index >= 15 is 0 Å². The standard InChI is InChI=1S/C30H46O3/c1-20(10-13-25(31)17-22-7-4-5-8-22)27-14-15-28-23(9-6-16-30(27,28)3)11-12-24-18-26(32)19-29(33)21(24)2/h10-13,20,22,25-29,31-33H,2,4-9,14-19H2,1,3H3/b13-10+,23-11+,24-12-/t20-,25-,26-,27-,28+,29+,30-/m1/s1. The molecular formula is C30H46O3. The number of hydrogen-bond acceptors (Lipinski definition) is 3. The second kappa shape index (κ2) is 10.6. The van der Waals surface area contributed by atoms with E-state index in [2.05, 4.69) is 44.7 Å². The average molecular weight is 455 g/mol. The lowest BCUT2D eigenvalue weighted by Crippen LogP contribution is -2.35. The number of allylic oxidation sites excluding steroid dienone is 4. The topological polar surface area (TPSA) is 60.7 Å². The van der Waals surface area contributed by atoms with Crippen LogP contribution >= 0.6 is 0 Å². The van der Waals surface area contributed by atoms with Gasteiger partial charge in [-0.15, -0.1) is 0 Å². The molecule has 0 aromatic heterocycles. The lowest BCUT2D eigenvalue weighted by Gasteiger charge is -2.44. The molecule has 0 unspecified atom stereocenters. The second-order valence-electron chi connectivity index (χ2n) is 11.9. The van der Waals surface area contributed by atoms with Crippen LogP contribution < -0.4 is 0 Å². The molecule has 184 valence electrons. The van der Waals surface area contributed by atoms with Gasteiger partial charge < -0.3 is 15.3 Å². The summed E-state index contributed by atoms with van der Waals surface area (Å²) in [4.78, 5) is 0. The summed E-state index contributed by atoms with van der Waals surface area (Å²) in [6.45, 7) is 8.93. The third kappa shape index (κ3) is 5.57. The van der Waals surface area contributed by atoms with Crippen LogP contribution in [-0.4, -0.2) is 33.6 Å². The van der Waals surface area contributed by atoms with Crippen LogP contribution in [0.2, 0.25) is 0 Å². The van der Waals surface area contributed by atoms with Gasteiger partial charge in [0, 0.05) is 6.42 Å². The maximum absolute atomic E-state index is 10.5. The molecule has 4 rings (SSSR count). The highest BCUT2D eigenvalue weighted by Crippen LogP contribution is 2.59. The van der Waals surface area contributed by atoms with Crippen LogP contribution in [-0.2, 0) is 0 Å². The Morgan fingerprint density at radius 2 is 1.82 bits per heavy atom. The number of aliphatic hydroxyl groups is 3. The van der Waals surface area contributed by atoms with Gasteiger partial charge in [-0.1, -0.05) is 76.0 Å². The Kier molecular flexibility index (Phi) is 8.03. The molecule has 0 aromatic carbocycles. The SMILES string of the molecule is C=C1/C(=C\C=C2/CCC[C@]3(C)[C@@H]([C@H](C)/C=C/[C@@H](O)CC4CCCC4)CC[C@@H]23)C[C@@H](O)C[C@@H]1O. The molecule has 3 N–H and O–H groups in total. The normalized spacial score (nSPS) is 40.1. The Balaban J connectivity index is 1.42. The van der Waals surface area contributed by atoms with Gasteiger partial charge >= 0.3 is 0 Å². The summed E-state index contributed by atoms with van der Waals surface area (Å²) in [7, 11) is 0. The van der Waals surface area contributed by atoms with E-state index in [1.807, 2.05) is 0 Å². The van der Waals surface area contributed by atoms with Crippen LogP contribution in [0.4, 0.5) is 0 Å². The van der Waals surface area contributed by atoms with Crippen molar-refractivity contribution in [3.8, 4) is 0 Å². The van der Waals surface area contributed by atoms with E-state index in [4.69, 9.17) is 0 Å². The van der Waals surface area contributed by atoms with E-state index in [1.165, 1.54) is 51.4 Å². The zero-order valence-corrected chi connectivity index (χ0v) is 20.9. The van der Waals surface area contributed by atoms with Gasteiger partial charge in [0.15, 0.2) is 0 Å². The van der Waals surface area contributed by atoms with Gasteiger partial charge in [0.2, 0.25) is 0 Å². The van der Waals surface area contributed by atoms with Gasteiger partial charge in [0.05, 0.1) is 18.3 Å². The maximum Gasteiger partial charge on any atom is 0.0811 e. The first-order valence-electron chi connectivity index (χ1n) is 13.6. The minimum atomic E-state index is -0.623. The molecule has 4 saturated carbocycles. The minimum Gasteiger partial charge on any atom is -0.393 e. The highest BCUT2D eigenvalue weighted by molar-refractivity contribution is 5.38. The third-order valence-electron chi connectivity index (χ3n) is 9.62. The zero-order valence-electron chi connectivity index (χ0n) is 20.9. The number of rotatable bonds is 6. The second-order valence-corrected chi connectivity index (χ2v) is 11.9. The minimum absolute atomic E-state index is 0.289. The number of fused-ring (bicyclic) bond motifs is 1. The van der Waals surface area contributed by atoms with Gasteiger partial charge in [0.1, 0.15) is 0 Å². The lowest BCUT2D eigenvalue weighted by molar-refractivity contribution is 0.0862. The van der Waals surface area contributed by atoms with Crippen molar-refractivity contribution in [1.29, 1.82) is 0 Å². The molecule has 0 bridgehead atoms. The summed E-state index contributed by atoms with van der Waals surface area (Å²) in [5, 5.41) is 30.8. The molecule has 7 atom stereocenters. The fourth-order valence-electron chi connectivity index (χ4n) is 7.71. The Hall–Kier alpha value is -1.16. The molecule has 0 spiro atoms. The molecule has 0 amide bonds. The van der Waals surface area contributed by atoms with E-state index in [-0.39, 0.29) is 6.10 Å². The van der Waals surface area contributed by atoms with Gasteiger partial charge in [-0.25, -0.2) is 0 Å². The molecule has 0 aliphatic heterocycles. The van der Waals surface area contributed by atoms with Crippen LogP contribution in [0.3, 0.4) is 0 Å². The average Bonchev–Trinajstić information content (AvgIpc) is 3.40. The third-order valence-corrected chi connectivity index (χ3v) is 9.62. The first kappa shape index (κ1) is 24.9. The first-order chi connectivity index (χ1) is 15.8. The van der Waals surface area contributed by atoms with E-state index in [9.17, 15) is 15.3 Å². The first-order valence-corrected chi connectivity index (χ1v) is 13.6. The summed E-state index contributed by atoms with van der Waals surface area (Å²) in [6.07, 6.45) is 20.8. The van der Waals surface area contributed by atoms with Gasteiger partial charge in [-0.2, -0.15) is 0 Å². The molecule has 4 aliphatic carbocycles. The summed E-state index contributed by atoms with van der Waals surface area (Å²) >= 11 is 0. The molecule has 0 radical (unpaired) electrons. The Labute approximate surface area is 201 Å². The number of hydrogen-bond donors (Lipinski definition) is 3. The zero-order chi connectivity index (χ0) is 23.6. The van der Waals surface area contributed by atoms with Crippen LogP contribution in [0.1, 0.15) is 90.9 Å². The van der Waals surface area contributed by atoms with Crippen molar-refractivity contribution in [2.24, 2.45) is 29.1 Å². The summed E-state index contributed by atoms with van der Waals surface area (Å²) in [5.74, 6) is 2.47. The van der Waals surface area contributed by atoms with Gasteiger partial charge in [0.25, 0.3) is 0 Å². The van der Waals surface area contributed by atoms with Crippen molar-refractivity contribution in [3.05, 3.63) is 47.6 Å². The predicted molar refractivity (Wildman–Crippen MR) is 136 cm³/mol. The smallest absolute Gasteiger partial charge is 0.0811 e. The molecule has 4 fully saturated rings. The molecule has 33 heavy (non-hydrogen) atoms. The highest BCUT2D eigenvalue weighted by atomic mass is 16.3. The maximum atomic E-state index is 10.5. The number of aliphatic hydroxyl groups excluding tert-OH is 3. The van der Waals surface area contributed by atoms with Crippen molar-refractivity contribution in [1.82, 2.24) is 0 Å². The monoisotopic (exact) mass is 454 g/mol. The largest absolute Gasteiger partial charge is 0.393 e. The van der Waals surface area contributed by atoms with Gasteiger partial charge in [-0.3, -0.25) is 0 Å². The Bertz CT molecular complexity index is 786. The van der Waals surface area contributed by atoms with Crippen LogP contribution in [0.15, 0.2) is 47.6 Å². The molecule has 0 saturated heterocycles. The van der Waals surface area contributed by atoms with Crippen molar-refractivity contribution in [2.45, 2.75) is 109 Å². The molecule has 3 nitrogen and oxygen atoms in total. The summed E-state index contributed by atoms with van der Waals surface area (Å²) in [6, 6.07) is 0. The Morgan fingerprint density at radius 1 is 1.06 bits per heavy atom. The highest BCUT2D eigenvalue weighted by Gasteiger charge is 2.50. The van der Waals surface area contributed by atoms with Crippen LogP contribution in [0.5, 0.6) is 0 Å². The van der Waals surface area contributed by atoms with Crippen molar-refractivity contribution >= 4 is 0 Å². The van der Waals surface area contributed by atoms with E-state index in [1.54, 1.807) is 5.57 Å². The summed E-state index contributed by atoms with van der Waals surface area (Å²) in [5.41, 5.74) is 3.63. The van der Waals surface area contributed by atoms with E-state index in [0.717, 1.165) is 29.9 Å². The Morgan fingerprint density at radius 3 is 2.58 bits per heavy atom. The van der Waals surface area contributed by atoms with Crippen LogP contribution in [0, 0.1) is 29.1 Å². The fourth-order valence-corrected chi connectivity index (χ4v) is 7.71. The summed E-state index contributed by atoms with van der Waals surface area (Å²) < 4.78 is 0. The quantitative estimate of drug-likeness (QED) is 0.415.